The van der Waals surface area contributed by atoms with E-state index in [0.29, 0.717) is 37.4 Å². The third kappa shape index (κ3) is 8.43. The SMILES string of the molecule is Brc1ccccc1CNC1CC1.O=C(O)C1=C(c2ccc(CCCOc3c(F)ccc(F)c3F)cc2)CCNC1. The average Bonchev–Trinajstić information content (AvgIpc) is 3.80. The minimum absolute atomic E-state index is 0.0407. The number of nitrogens with one attached hydrogen (secondary N) is 2. The van der Waals surface area contributed by atoms with Crippen LogP contribution < -0.4 is 15.4 Å². The smallest absolute Gasteiger partial charge is 0.333 e. The second kappa shape index (κ2) is 14.5. The molecule has 1 aliphatic carbocycles. The zero-order valence-corrected chi connectivity index (χ0v) is 23.6. The van der Waals surface area contributed by atoms with E-state index in [2.05, 4.69) is 44.8 Å². The summed E-state index contributed by atoms with van der Waals surface area (Å²) in [4.78, 5) is 11.4. The number of aryl methyl sites for hydroxylation is 1. The van der Waals surface area contributed by atoms with Crippen LogP contribution in [0.15, 0.2) is 70.7 Å². The molecule has 0 radical (unpaired) electrons. The quantitative estimate of drug-likeness (QED) is 0.176. The number of carboxylic acid groups (broad SMARTS) is 1. The van der Waals surface area contributed by atoms with Crippen molar-refractivity contribution < 1.29 is 27.8 Å². The molecule has 5 nitrogen and oxygen atoms in total. The van der Waals surface area contributed by atoms with E-state index >= 15 is 0 Å². The Balaban J connectivity index is 0.000000255. The van der Waals surface area contributed by atoms with Crippen molar-refractivity contribution in [1.82, 2.24) is 10.6 Å². The first-order valence-corrected chi connectivity index (χ1v) is 14.1. The standard InChI is InChI=1S/C21H20F3NO3.C10H12BrN/c22-17-7-8-18(23)20(19(17)24)28-11-1-2-13-3-5-14(6-4-13)15-9-10-25-12-16(15)21(26)27;11-10-4-2-1-3-8(10)7-12-9-5-6-9/h3-8,25H,1-2,9-12H2,(H,26,27);1-4,9,12H,5-7H2. The highest BCUT2D eigenvalue weighted by Crippen LogP contribution is 2.26. The van der Waals surface area contributed by atoms with Gasteiger partial charge in [-0.05, 0) is 79.1 Å². The number of aliphatic carboxylic acids is 1. The van der Waals surface area contributed by atoms with Crippen LogP contribution in [0.1, 0.15) is 42.4 Å². The number of halogens is 4. The molecule has 2 aliphatic rings. The number of hydrogen-bond acceptors (Lipinski definition) is 4. The van der Waals surface area contributed by atoms with Gasteiger partial charge in [0.15, 0.2) is 17.4 Å². The molecule has 9 heteroatoms. The fraction of sp³-hybridized carbons (Fsp3) is 0.323. The molecule has 3 aromatic rings. The zero-order chi connectivity index (χ0) is 28.5. The molecule has 1 fully saturated rings. The highest BCUT2D eigenvalue weighted by Gasteiger charge is 2.20. The lowest BCUT2D eigenvalue weighted by molar-refractivity contribution is -0.132. The summed E-state index contributed by atoms with van der Waals surface area (Å²) in [6.07, 6.45) is 4.45. The van der Waals surface area contributed by atoms with Crippen molar-refractivity contribution >= 4 is 27.5 Å². The van der Waals surface area contributed by atoms with Crippen molar-refractivity contribution in [2.45, 2.75) is 44.7 Å². The van der Waals surface area contributed by atoms with E-state index in [9.17, 15) is 23.1 Å². The van der Waals surface area contributed by atoms with Crippen LogP contribution in [0.4, 0.5) is 13.2 Å². The Labute approximate surface area is 240 Å². The van der Waals surface area contributed by atoms with Gasteiger partial charge in [0.1, 0.15) is 0 Å². The topological polar surface area (TPSA) is 70.6 Å². The zero-order valence-electron chi connectivity index (χ0n) is 22.0. The molecule has 212 valence electrons. The molecule has 1 heterocycles. The molecule has 3 aromatic carbocycles. The monoisotopic (exact) mass is 616 g/mol. The molecule has 1 aliphatic heterocycles. The van der Waals surface area contributed by atoms with E-state index in [-0.39, 0.29) is 6.61 Å². The summed E-state index contributed by atoms with van der Waals surface area (Å²) in [7, 11) is 0. The van der Waals surface area contributed by atoms with Gasteiger partial charge in [0.25, 0.3) is 0 Å². The minimum Gasteiger partial charge on any atom is -0.488 e. The van der Waals surface area contributed by atoms with Gasteiger partial charge in [-0.3, -0.25) is 0 Å². The molecule has 0 amide bonds. The predicted octanol–water partition coefficient (Wildman–Crippen LogP) is 6.65. The molecule has 0 atom stereocenters. The van der Waals surface area contributed by atoms with Gasteiger partial charge in [-0.1, -0.05) is 58.4 Å². The Bertz CT molecular complexity index is 1340. The average molecular weight is 618 g/mol. The lowest BCUT2D eigenvalue weighted by Crippen LogP contribution is -2.28. The van der Waals surface area contributed by atoms with E-state index in [1.165, 1.54) is 22.9 Å². The largest absolute Gasteiger partial charge is 0.488 e. The van der Waals surface area contributed by atoms with E-state index < -0.39 is 29.2 Å². The Morgan fingerprint density at radius 3 is 2.45 bits per heavy atom. The number of carboxylic acids is 1. The van der Waals surface area contributed by atoms with Crippen molar-refractivity contribution in [3.8, 4) is 5.75 Å². The molecule has 0 spiro atoms. The molecular formula is C31H32BrF3N2O3. The van der Waals surface area contributed by atoms with Crippen molar-refractivity contribution in [3.05, 3.63) is 105 Å². The van der Waals surface area contributed by atoms with Gasteiger partial charge in [-0.25, -0.2) is 13.6 Å². The lowest BCUT2D eigenvalue weighted by Gasteiger charge is -2.19. The maximum absolute atomic E-state index is 13.5. The van der Waals surface area contributed by atoms with Gasteiger partial charge < -0.3 is 20.5 Å². The second-order valence-corrected chi connectivity index (χ2v) is 10.6. The fourth-order valence-electron chi connectivity index (χ4n) is 4.36. The van der Waals surface area contributed by atoms with Gasteiger partial charge in [0.05, 0.1) is 12.2 Å². The molecule has 0 unspecified atom stereocenters. The predicted molar refractivity (Wildman–Crippen MR) is 153 cm³/mol. The Kier molecular flexibility index (Phi) is 10.8. The first-order chi connectivity index (χ1) is 19.3. The maximum atomic E-state index is 13.5. The van der Waals surface area contributed by atoms with Gasteiger partial charge in [-0.2, -0.15) is 4.39 Å². The first-order valence-electron chi connectivity index (χ1n) is 13.3. The Morgan fingerprint density at radius 2 is 1.75 bits per heavy atom. The summed E-state index contributed by atoms with van der Waals surface area (Å²) < 4.78 is 46.4. The van der Waals surface area contributed by atoms with Crippen LogP contribution in [-0.4, -0.2) is 36.8 Å². The first kappa shape index (κ1) is 29.8. The van der Waals surface area contributed by atoms with Crippen LogP contribution in [0.2, 0.25) is 0 Å². The van der Waals surface area contributed by atoms with Crippen molar-refractivity contribution in [2.75, 3.05) is 19.7 Å². The molecule has 0 bridgehead atoms. The summed E-state index contributed by atoms with van der Waals surface area (Å²) in [5, 5.41) is 15.9. The van der Waals surface area contributed by atoms with Gasteiger partial charge >= 0.3 is 5.97 Å². The summed E-state index contributed by atoms with van der Waals surface area (Å²) in [6.45, 7) is 2.11. The lowest BCUT2D eigenvalue weighted by atomic mass is 9.93. The van der Waals surface area contributed by atoms with Gasteiger partial charge in [0, 0.05) is 23.6 Å². The number of ether oxygens (including phenoxy) is 1. The minimum atomic E-state index is -1.33. The van der Waals surface area contributed by atoms with Crippen molar-refractivity contribution in [1.29, 1.82) is 0 Å². The molecule has 0 saturated heterocycles. The van der Waals surface area contributed by atoms with E-state index in [0.717, 1.165) is 41.9 Å². The third-order valence-electron chi connectivity index (χ3n) is 6.75. The number of benzene rings is 3. The van der Waals surface area contributed by atoms with Crippen LogP contribution in [0.5, 0.6) is 5.75 Å². The Hall–Kier alpha value is -3.14. The number of carbonyl (C=O) groups is 1. The highest BCUT2D eigenvalue weighted by atomic mass is 79.9. The number of rotatable bonds is 10. The van der Waals surface area contributed by atoms with Crippen molar-refractivity contribution in [2.24, 2.45) is 0 Å². The summed E-state index contributed by atoms with van der Waals surface area (Å²) in [6, 6.07) is 18.2. The van der Waals surface area contributed by atoms with Gasteiger partial charge in [0.2, 0.25) is 5.82 Å². The highest BCUT2D eigenvalue weighted by molar-refractivity contribution is 9.10. The van der Waals surface area contributed by atoms with Crippen LogP contribution in [0.25, 0.3) is 5.57 Å². The maximum Gasteiger partial charge on any atom is 0.333 e. The summed E-state index contributed by atoms with van der Waals surface area (Å²) >= 11 is 3.53. The van der Waals surface area contributed by atoms with Crippen LogP contribution in [-0.2, 0) is 17.8 Å². The normalized spacial score (nSPS) is 14.9. The number of hydrogen-bond donors (Lipinski definition) is 3. The molecule has 3 N–H and O–H groups in total. The molecule has 0 aromatic heterocycles. The summed E-state index contributed by atoms with van der Waals surface area (Å²) in [5.74, 6) is -5.03. The Morgan fingerprint density at radius 1 is 1.02 bits per heavy atom. The van der Waals surface area contributed by atoms with E-state index in [4.69, 9.17) is 4.74 Å². The fourth-order valence-corrected chi connectivity index (χ4v) is 4.78. The van der Waals surface area contributed by atoms with Crippen LogP contribution >= 0.6 is 15.9 Å². The molecule has 5 rings (SSSR count). The second-order valence-electron chi connectivity index (χ2n) is 9.76. The van der Waals surface area contributed by atoms with Crippen LogP contribution in [0.3, 0.4) is 0 Å². The van der Waals surface area contributed by atoms with E-state index in [1.54, 1.807) is 0 Å². The molecular weight excluding hydrogens is 585 g/mol. The van der Waals surface area contributed by atoms with E-state index in [1.807, 2.05) is 30.3 Å². The van der Waals surface area contributed by atoms with Crippen molar-refractivity contribution in [3.63, 3.8) is 0 Å². The molecule has 40 heavy (non-hydrogen) atoms. The van der Waals surface area contributed by atoms with Crippen LogP contribution in [0, 0.1) is 17.5 Å². The third-order valence-corrected chi connectivity index (χ3v) is 7.53. The summed E-state index contributed by atoms with van der Waals surface area (Å²) in [5.41, 5.74) is 4.43. The molecule has 1 saturated carbocycles. The van der Waals surface area contributed by atoms with Gasteiger partial charge in [-0.15, -0.1) is 0 Å².